The van der Waals surface area contributed by atoms with Crippen LogP contribution in [0, 0.1) is 6.92 Å². The van der Waals surface area contributed by atoms with E-state index in [2.05, 4.69) is 4.74 Å². The maximum absolute atomic E-state index is 11.3. The highest BCUT2D eigenvalue weighted by Gasteiger charge is 2.14. The maximum Gasteiger partial charge on any atom is 0.373 e. The fraction of sp³-hybridized carbons (Fsp3) is 0.143. The summed E-state index contributed by atoms with van der Waals surface area (Å²) in [6, 6.07) is 8.57. The first kappa shape index (κ1) is 12.1. The predicted octanol–water partition coefficient (Wildman–Crippen LogP) is 2.85. The molecule has 0 amide bonds. The van der Waals surface area contributed by atoms with Crippen molar-refractivity contribution >= 4 is 12.3 Å². The van der Waals surface area contributed by atoms with Crippen LogP contribution >= 0.6 is 0 Å². The molecule has 0 aliphatic carbocycles. The molecule has 0 unspecified atom stereocenters. The summed E-state index contributed by atoms with van der Waals surface area (Å²) in [5, 5.41) is 0. The Labute approximate surface area is 104 Å². The summed E-state index contributed by atoms with van der Waals surface area (Å²) in [5.41, 5.74) is 2.19. The van der Waals surface area contributed by atoms with Crippen molar-refractivity contribution in [2.75, 3.05) is 7.11 Å². The number of ether oxygens (including phenoxy) is 1. The third-order valence-electron chi connectivity index (χ3n) is 2.59. The number of aryl methyl sites for hydroxylation is 1. The maximum atomic E-state index is 11.3. The minimum atomic E-state index is -0.540. The molecule has 2 rings (SSSR count). The average Bonchev–Trinajstić information content (AvgIpc) is 2.87. The van der Waals surface area contributed by atoms with Crippen molar-refractivity contribution in [2.45, 2.75) is 6.92 Å². The zero-order valence-corrected chi connectivity index (χ0v) is 10.1. The molecule has 1 aromatic carbocycles. The average molecular weight is 244 g/mol. The molecular formula is C14H12O4. The van der Waals surface area contributed by atoms with E-state index in [-0.39, 0.29) is 5.76 Å². The van der Waals surface area contributed by atoms with Crippen LogP contribution in [-0.2, 0) is 4.74 Å². The highest BCUT2D eigenvalue weighted by molar-refractivity contribution is 5.89. The van der Waals surface area contributed by atoms with Gasteiger partial charge in [-0.1, -0.05) is 17.7 Å². The minimum Gasteiger partial charge on any atom is -0.463 e. The largest absolute Gasteiger partial charge is 0.463 e. The van der Waals surface area contributed by atoms with Crippen molar-refractivity contribution in [2.24, 2.45) is 0 Å². The predicted molar refractivity (Wildman–Crippen MR) is 65.6 cm³/mol. The van der Waals surface area contributed by atoms with Crippen LogP contribution in [0.3, 0.4) is 0 Å². The molecule has 0 fully saturated rings. The lowest BCUT2D eigenvalue weighted by Crippen LogP contribution is -1.98. The van der Waals surface area contributed by atoms with Crippen molar-refractivity contribution in [3.8, 4) is 11.3 Å². The summed E-state index contributed by atoms with van der Waals surface area (Å²) in [5.74, 6) is 0.0496. The van der Waals surface area contributed by atoms with Crippen molar-refractivity contribution in [3.63, 3.8) is 0 Å². The lowest BCUT2D eigenvalue weighted by molar-refractivity contribution is 0.0566. The minimum absolute atomic E-state index is 0.117. The first-order valence-corrected chi connectivity index (χ1v) is 5.40. The van der Waals surface area contributed by atoms with Gasteiger partial charge < -0.3 is 9.15 Å². The second kappa shape index (κ2) is 4.87. The first-order valence-electron chi connectivity index (χ1n) is 5.40. The molecule has 0 aliphatic rings. The molecule has 0 N–H and O–H groups in total. The van der Waals surface area contributed by atoms with Gasteiger partial charge in [0.2, 0.25) is 5.76 Å². The van der Waals surface area contributed by atoms with Crippen LogP contribution < -0.4 is 0 Å². The fourth-order valence-corrected chi connectivity index (χ4v) is 1.68. The number of rotatable bonds is 3. The van der Waals surface area contributed by atoms with Gasteiger partial charge in [0.05, 0.1) is 7.11 Å². The first-order chi connectivity index (χ1) is 8.65. The molecule has 0 saturated heterocycles. The van der Waals surface area contributed by atoms with Crippen molar-refractivity contribution < 1.29 is 18.7 Å². The highest BCUT2D eigenvalue weighted by Crippen LogP contribution is 2.26. The zero-order chi connectivity index (χ0) is 13.1. The number of aldehydes is 1. The van der Waals surface area contributed by atoms with Crippen LogP contribution in [0.25, 0.3) is 11.3 Å². The molecule has 92 valence electrons. The molecule has 0 atom stereocenters. The van der Waals surface area contributed by atoms with Gasteiger partial charge >= 0.3 is 5.97 Å². The summed E-state index contributed by atoms with van der Waals surface area (Å²) in [4.78, 5) is 22.3. The summed E-state index contributed by atoms with van der Waals surface area (Å²) in [6.45, 7) is 1.92. The second-order valence-corrected chi connectivity index (χ2v) is 3.86. The Bertz CT molecular complexity index is 596. The molecule has 1 heterocycles. The smallest absolute Gasteiger partial charge is 0.373 e. The number of carbonyl (C=O) groups excluding carboxylic acids is 2. The molecule has 4 heteroatoms. The van der Waals surface area contributed by atoms with Gasteiger partial charge in [-0.3, -0.25) is 4.79 Å². The number of hydrogen-bond acceptors (Lipinski definition) is 4. The molecule has 18 heavy (non-hydrogen) atoms. The van der Waals surface area contributed by atoms with Gasteiger partial charge in [0.15, 0.2) is 6.29 Å². The molecule has 0 spiro atoms. The lowest BCUT2D eigenvalue weighted by Gasteiger charge is -2.02. The molecule has 0 saturated carbocycles. The monoisotopic (exact) mass is 244 g/mol. The molecular weight excluding hydrogens is 232 g/mol. The van der Waals surface area contributed by atoms with E-state index in [0.717, 1.165) is 11.8 Å². The topological polar surface area (TPSA) is 56.5 Å². The Hall–Kier alpha value is -2.36. The number of furan rings is 1. The molecule has 0 aliphatic heterocycles. The quantitative estimate of drug-likeness (QED) is 0.615. The Morgan fingerprint density at radius 3 is 2.72 bits per heavy atom. The number of hydrogen-bond donors (Lipinski definition) is 0. The summed E-state index contributed by atoms with van der Waals surface area (Å²) in [7, 11) is 1.29. The lowest BCUT2D eigenvalue weighted by atomic mass is 10.0. The molecule has 4 nitrogen and oxygen atoms in total. The van der Waals surface area contributed by atoms with E-state index in [1.807, 2.05) is 19.1 Å². The summed E-state index contributed by atoms with van der Waals surface area (Å²) >= 11 is 0. The van der Waals surface area contributed by atoms with Gasteiger partial charge in [-0.2, -0.15) is 0 Å². The number of benzene rings is 1. The molecule has 1 aromatic heterocycles. The fourth-order valence-electron chi connectivity index (χ4n) is 1.68. The number of carbonyl (C=O) groups is 2. The van der Waals surface area contributed by atoms with Gasteiger partial charge in [0.25, 0.3) is 0 Å². The van der Waals surface area contributed by atoms with E-state index < -0.39 is 5.97 Å². The summed E-state index contributed by atoms with van der Waals surface area (Å²) in [6.07, 6.45) is 0.759. The van der Waals surface area contributed by atoms with Crippen molar-refractivity contribution in [1.29, 1.82) is 0 Å². The highest BCUT2D eigenvalue weighted by atomic mass is 16.5. The van der Waals surface area contributed by atoms with E-state index >= 15 is 0 Å². The van der Waals surface area contributed by atoms with Crippen molar-refractivity contribution in [1.82, 2.24) is 0 Å². The van der Waals surface area contributed by atoms with E-state index in [4.69, 9.17) is 4.42 Å². The van der Waals surface area contributed by atoms with Gasteiger partial charge in [-0.05, 0) is 25.1 Å². The van der Waals surface area contributed by atoms with Crippen LogP contribution in [0.5, 0.6) is 0 Å². The third kappa shape index (κ3) is 2.18. The van der Waals surface area contributed by atoms with Crippen LogP contribution in [-0.4, -0.2) is 19.4 Å². The zero-order valence-electron chi connectivity index (χ0n) is 10.1. The Balaban J connectivity index is 2.48. The molecule has 0 radical (unpaired) electrons. The van der Waals surface area contributed by atoms with E-state index in [1.165, 1.54) is 13.2 Å². The van der Waals surface area contributed by atoms with Gasteiger partial charge in [-0.25, -0.2) is 4.79 Å². The summed E-state index contributed by atoms with van der Waals surface area (Å²) < 4.78 is 9.95. The number of methoxy groups -OCH3 is 1. The van der Waals surface area contributed by atoms with E-state index in [1.54, 1.807) is 12.1 Å². The molecule has 2 aromatic rings. The van der Waals surface area contributed by atoms with Crippen LogP contribution in [0.2, 0.25) is 0 Å². The van der Waals surface area contributed by atoms with Gasteiger partial charge in [-0.15, -0.1) is 0 Å². The normalized spacial score (nSPS) is 10.1. The Morgan fingerprint density at radius 1 is 1.28 bits per heavy atom. The van der Waals surface area contributed by atoms with E-state index in [9.17, 15) is 9.59 Å². The molecule has 0 bridgehead atoms. The van der Waals surface area contributed by atoms with Crippen molar-refractivity contribution in [3.05, 3.63) is 47.2 Å². The second-order valence-electron chi connectivity index (χ2n) is 3.86. The van der Waals surface area contributed by atoms with Crippen LogP contribution in [0.4, 0.5) is 0 Å². The Kier molecular flexibility index (Phi) is 3.28. The van der Waals surface area contributed by atoms with Gasteiger partial charge in [0, 0.05) is 11.1 Å². The van der Waals surface area contributed by atoms with Crippen LogP contribution in [0.15, 0.2) is 34.7 Å². The van der Waals surface area contributed by atoms with E-state index in [0.29, 0.717) is 16.9 Å². The standard InChI is InChI=1S/C14H12O4/c1-9-3-4-10(8-15)11(7-9)12-5-6-13(18-12)14(16)17-2/h3-8H,1-2H3. The SMILES string of the molecule is COC(=O)c1ccc(-c2cc(C)ccc2C=O)o1. The van der Waals surface area contributed by atoms with Gasteiger partial charge in [0.1, 0.15) is 5.76 Å². The third-order valence-corrected chi connectivity index (χ3v) is 2.59. The van der Waals surface area contributed by atoms with Crippen LogP contribution in [0.1, 0.15) is 26.5 Å². The number of esters is 1. The Morgan fingerprint density at radius 2 is 2.06 bits per heavy atom.